The maximum absolute atomic E-state index is 5.51. The fourth-order valence-electron chi connectivity index (χ4n) is 1.65. The first kappa shape index (κ1) is 12.2. The van der Waals surface area contributed by atoms with Gasteiger partial charge in [0, 0.05) is 6.54 Å². The van der Waals surface area contributed by atoms with E-state index >= 15 is 0 Å². The lowest BCUT2D eigenvalue weighted by molar-refractivity contribution is 0.486. The molecule has 0 aliphatic carbocycles. The minimum atomic E-state index is 0.666. The van der Waals surface area contributed by atoms with Crippen molar-refractivity contribution in [2.24, 2.45) is 11.7 Å². The van der Waals surface area contributed by atoms with Crippen LogP contribution < -0.4 is 11.1 Å². The molecule has 0 heterocycles. The third-order valence-corrected chi connectivity index (χ3v) is 2.73. The minimum Gasteiger partial charge on any atom is -0.330 e. The van der Waals surface area contributed by atoms with Gasteiger partial charge in [-0.2, -0.15) is 0 Å². The lowest BCUT2D eigenvalue weighted by Gasteiger charge is -2.12. The van der Waals surface area contributed by atoms with E-state index in [2.05, 4.69) is 43.4 Å². The normalized spacial score (nSPS) is 12.7. The van der Waals surface area contributed by atoms with E-state index in [0.717, 1.165) is 26.1 Å². The predicted octanol–water partition coefficient (Wildman–Crippen LogP) is 2.07. The highest BCUT2D eigenvalue weighted by Gasteiger charge is 2.01. The Balaban J connectivity index is 2.29. The largest absolute Gasteiger partial charge is 0.330 e. The maximum Gasteiger partial charge on any atom is 0.0208 e. The van der Waals surface area contributed by atoms with Gasteiger partial charge in [0.2, 0.25) is 0 Å². The average molecular weight is 206 g/mol. The van der Waals surface area contributed by atoms with Crippen LogP contribution in [0.15, 0.2) is 24.3 Å². The Morgan fingerprint density at radius 1 is 1.33 bits per heavy atom. The van der Waals surface area contributed by atoms with Crippen molar-refractivity contribution in [3.63, 3.8) is 0 Å². The van der Waals surface area contributed by atoms with E-state index in [0.29, 0.717) is 5.92 Å². The third kappa shape index (κ3) is 4.45. The summed E-state index contributed by atoms with van der Waals surface area (Å²) in [6.07, 6.45) is 1.10. The van der Waals surface area contributed by atoms with Crippen molar-refractivity contribution in [2.45, 2.75) is 26.8 Å². The second kappa shape index (κ2) is 6.59. The summed E-state index contributed by atoms with van der Waals surface area (Å²) in [6, 6.07) is 8.50. The summed E-state index contributed by atoms with van der Waals surface area (Å²) in [4.78, 5) is 0. The first-order chi connectivity index (χ1) is 7.24. The summed E-state index contributed by atoms with van der Waals surface area (Å²) >= 11 is 0. The smallest absolute Gasteiger partial charge is 0.0208 e. The number of nitrogens with one attached hydrogen (secondary N) is 1. The summed E-state index contributed by atoms with van der Waals surface area (Å²) in [7, 11) is 0. The first-order valence-corrected chi connectivity index (χ1v) is 5.69. The molecule has 0 saturated carbocycles. The molecule has 0 spiro atoms. The number of benzene rings is 1. The molecule has 0 fully saturated rings. The van der Waals surface area contributed by atoms with E-state index in [1.54, 1.807) is 0 Å². The Morgan fingerprint density at radius 3 is 2.73 bits per heavy atom. The van der Waals surface area contributed by atoms with Crippen molar-refractivity contribution in [2.75, 3.05) is 13.1 Å². The highest BCUT2D eigenvalue weighted by atomic mass is 14.9. The maximum atomic E-state index is 5.51. The number of nitrogens with two attached hydrogens (primary N) is 1. The minimum absolute atomic E-state index is 0.666. The second-order valence-corrected chi connectivity index (χ2v) is 4.24. The van der Waals surface area contributed by atoms with Crippen molar-refractivity contribution in [3.8, 4) is 0 Å². The predicted molar refractivity (Wildman–Crippen MR) is 65.7 cm³/mol. The van der Waals surface area contributed by atoms with Crippen molar-refractivity contribution in [3.05, 3.63) is 35.4 Å². The number of rotatable bonds is 6. The van der Waals surface area contributed by atoms with E-state index in [1.165, 1.54) is 11.1 Å². The monoisotopic (exact) mass is 206 g/mol. The molecule has 1 aromatic carbocycles. The molecule has 2 nitrogen and oxygen atoms in total. The van der Waals surface area contributed by atoms with Crippen LogP contribution in [0, 0.1) is 12.8 Å². The van der Waals surface area contributed by atoms with Gasteiger partial charge in [-0.1, -0.05) is 31.2 Å². The van der Waals surface area contributed by atoms with Gasteiger partial charge < -0.3 is 11.1 Å². The highest BCUT2D eigenvalue weighted by Crippen LogP contribution is 2.06. The Labute approximate surface area is 92.9 Å². The lowest BCUT2D eigenvalue weighted by Crippen LogP contribution is -2.22. The number of hydrogen-bond donors (Lipinski definition) is 2. The molecular weight excluding hydrogens is 184 g/mol. The zero-order chi connectivity index (χ0) is 11.1. The van der Waals surface area contributed by atoms with Crippen LogP contribution in [0.2, 0.25) is 0 Å². The molecule has 15 heavy (non-hydrogen) atoms. The summed E-state index contributed by atoms with van der Waals surface area (Å²) in [5.74, 6) is 0.666. The lowest BCUT2D eigenvalue weighted by atomic mass is 10.1. The van der Waals surface area contributed by atoms with Crippen LogP contribution in [0.25, 0.3) is 0 Å². The molecule has 0 radical (unpaired) electrons. The molecule has 1 atom stereocenters. The molecule has 1 aromatic rings. The van der Waals surface area contributed by atoms with Crippen molar-refractivity contribution >= 4 is 0 Å². The molecule has 1 rings (SSSR count). The van der Waals surface area contributed by atoms with Gasteiger partial charge in [0.15, 0.2) is 0 Å². The summed E-state index contributed by atoms with van der Waals surface area (Å²) < 4.78 is 0. The standard InChI is InChI=1S/C13H22N2/c1-11(7-8-14)9-15-10-13-6-4-3-5-12(13)2/h3-6,11,15H,7-10,14H2,1-2H3. The average Bonchev–Trinajstić information content (AvgIpc) is 2.21. The van der Waals surface area contributed by atoms with Crippen molar-refractivity contribution in [1.82, 2.24) is 5.32 Å². The Hall–Kier alpha value is -0.860. The quantitative estimate of drug-likeness (QED) is 0.748. The summed E-state index contributed by atoms with van der Waals surface area (Å²) in [5, 5.41) is 3.47. The molecule has 1 unspecified atom stereocenters. The van der Waals surface area contributed by atoms with Crippen molar-refractivity contribution in [1.29, 1.82) is 0 Å². The fraction of sp³-hybridized carbons (Fsp3) is 0.538. The molecule has 3 N–H and O–H groups in total. The zero-order valence-electron chi connectivity index (χ0n) is 9.79. The van der Waals surface area contributed by atoms with Gasteiger partial charge in [-0.25, -0.2) is 0 Å². The molecule has 2 heteroatoms. The van der Waals surface area contributed by atoms with Gasteiger partial charge in [0.05, 0.1) is 0 Å². The van der Waals surface area contributed by atoms with E-state index in [4.69, 9.17) is 5.73 Å². The van der Waals surface area contributed by atoms with Gasteiger partial charge in [0.25, 0.3) is 0 Å². The van der Waals surface area contributed by atoms with Crippen molar-refractivity contribution < 1.29 is 0 Å². The van der Waals surface area contributed by atoms with Crippen LogP contribution in [0.1, 0.15) is 24.5 Å². The van der Waals surface area contributed by atoms with Gasteiger partial charge >= 0.3 is 0 Å². The molecule has 0 aromatic heterocycles. The number of aryl methyl sites for hydroxylation is 1. The highest BCUT2D eigenvalue weighted by molar-refractivity contribution is 5.25. The summed E-state index contributed by atoms with van der Waals surface area (Å²) in [6.45, 7) is 7.18. The fourth-order valence-corrected chi connectivity index (χ4v) is 1.65. The number of hydrogen-bond acceptors (Lipinski definition) is 2. The van der Waals surface area contributed by atoms with Crippen LogP contribution in [0.4, 0.5) is 0 Å². The van der Waals surface area contributed by atoms with E-state index < -0.39 is 0 Å². The molecule has 0 aliphatic rings. The molecule has 0 amide bonds. The van der Waals surface area contributed by atoms with Gasteiger partial charge in [-0.05, 0) is 43.5 Å². The molecule has 0 aliphatic heterocycles. The Morgan fingerprint density at radius 2 is 2.07 bits per heavy atom. The second-order valence-electron chi connectivity index (χ2n) is 4.24. The van der Waals surface area contributed by atoms with Gasteiger partial charge in [-0.3, -0.25) is 0 Å². The van der Waals surface area contributed by atoms with Crippen LogP contribution in [-0.4, -0.2) is 13.1 Å². The molecular formula is C13H22N2. The first-order valence-electron chi connectivity index (χ1n) is 5.69. The summed E-state index contributed by atoms with van der Waals surface area (Å²) in [5.41, 5.74) is 8.25. The van der Waals surface area contributed by atoms with E-state index in [1.807, 2.05) is 0 Å². The third-order valence-electron chi connectivity index (χ3n) is 2.73. The topological polar surface area (TPSA) is 38.0 Å². The van der Waals surface area contributed by atoms with Crippen LogP contribution in [0.3, 0.4) is 0 Å². The molecule has 0 saturated heterocycles. The van der Waals surface area contributed by atoms with Gasteiger partial charge in [-0.15, -0.1) is 0 Å². The van der Waals surface area contributed by atoms with Crippen LogP contribution in [-0.2, 0) is 6.54 Å². The zero-order valence-corrected chi connectivity index (χ0v) is 9.79. The SMILES string of the molecule is Cc1ccccc1CNCC(C)CCN. The Kier molecular flexibility index (Phi) is 5.37. The van der Waals surface area contributed by atoms with Crippen LogP contribution in [0.5, 0.6) is 0 Å². The molecule has 84 valence electrons. The molecule has 0 bridgehead atoms. The van der Waals surface area contributed by atoms with Gasteiger partial charge in [0.1, 0.15) is 0 Å². The van der Waals surface area contributed by atoms with E-state index in [-0.39, 0.29) is 0 Å². The Bertz CT molecular complexity index is 284. The van der Waals surface area contributed by atoms with Crippen LogP contribution >= 0.6 is 0 Å². The van der Waals surface area contributed by atoms with E-state index in [9.17, 15) is 0 Å².